The van der Waals surface area contributed by atoms with Crippen molar-refractivity contribution in [3.8, 4) is 5.75 Å². The van der Waals surface area contributed by atoms with Crippen LogP contribution in [0, 0.1) is 5.82 Å². The second-order valence-electron chi connectivity index (χ2n) is 6.73. The monoisotopic (exact) mass is 369 g/mol. The van der Waals surface area contributed by atoms with E-state index in [4.69, 9.17) is 4.74 Å². The maximum absolute atomic E-state index is 14.6. The number of quaternary nitrogens is 1. The van der Waals surface area contributed by atoms with Crippen molar-refractivity contribution in [1.29, 1.82) is 0 Å². The summed E-state index contributed by atoms with van der Waals surface area (Å²) in [7, 11) is 1.61. The van der Waals surface area contributed by atoms with Crippen molar-refractivity contribution in [1.82, 2.24) is 0 Å². The first-order valence-electron chi connectivity index (χ1n) is 9.35. The molecule has 2 aromatic carbocycles. The molecule has 0 aliphatic carbocycles. The molecule has 0 atom stereocenters. The summed E-state index contributed by atoms with van der Waals surface area (Å²) in [5.74, 6) is 0.215. The normalized spacial score (nSPS) is 15.3. The summed E-state index contributed by atoms with van der Waals surface area (Å²) in [5, 5.41) is 0. The summed E-state index contributed by atoms with van der Waals surface area (Å²) >= 11 is 0. The lowest BCUT2D eigenvalue weighted by molar-refractivity contribution is -0.898. The topological polar surface area (TPSA) is 34.0 Å². The van der Waals surface area contributed by atoms with Gasteiger partial charge in [0.2, 0.25) is 0 Å². The van der Waals surface area contributed by atoms with Gasteiger partial charge in [0, 0.05) is 5.56 Å². The third-order valence-electron chi connectivity index (χ3n) is 5.09. The minimum atomic E-state index is -0.335. The number of hydrogen-bond donors (Lipinski definition) is 1. The number of methoxy groups -OCH3 is 1. The lowest BCUT2D eigenvalue weighted by atomic mass is 10.1. The van der Waals surface area contributed by atoms with Crippen molar-refractivity contribution in [3.63, 3.8) is 0 Å². The van der Waals surface area contributed by atoms with Crippen LogP contribution in [0.1, 0.15) is 22.8 Å². The Morgan fingerprint density at radius 1 is 1.19 bits per heavy atom. The van der Waals surface area contributed by atoms with E-state index >= 15 is 0 Å². The standard InChI is InChI=1S/C22H25FN2O2/c1-3-24-12-14-25(15-13-24)21-10-7-18(16-20(21)23)22(26)11-6-17-4-8-19(27-2)9-5-17/h4-11,16H,3,12-15H2,1-2H3/p+1/b11-6+. The predicted octanol–water partition coefficient (Wildman–Crippen LogP) is 2.46. The van der Waals surface area contributed by atoms with Crippen LogP contribution in [0.25, 0.3) is 6.08 Å². The van der Waals surface area contributed by atoms with E-state index in [0.29, 0.717) is 11.3 Å². The Morgan fingerprint density at radius 2 is 1.89 bits per heavy atom. The molecule has 1 fully saturated rings. The highest BCUT2D eigenvalue weighted by Gasteiger charge is 2.21. The zero-order chi connectivity index (χ0) is 19.2. The highest BCUT2D eigenvalue weighted by Crippen LogP contribution is 2.21. The molecule has 0 unspecified atom stereocenters. The van der Waals surface area contributed by atoms with Crippen LogP contribution in [0.3, 0.4) is 0 Å². The molecule has 2 aromatic rings. The molecule has 1 saturated heterocycles. The third-order valence-corrected chi connectivity index (χ3v) is 5.09. The first-order valence-corrected chi connectivity index (χ1v) is 9.35. The molecular weight excluding hydrogens is 343 g/mol. The first kappa shape index (κ1) is 19.1. The van der Waals surface area contributed by atoms with Crippen LogP contribution in [0.15, 0.2) is 48.5 Å². The van der Waals surface area contributed by atoms with Crippen molar-refractivity contribution < 1.29 is 18.8 Å². The van der Waals surface area contributed by atoms with Gasteiger partial charge in [-0.1, -0.05) is 18.2 Å². The average molecular weight is 369 g/mol. The van der Waals surface area contributed by atoms with E-state index < -0.39 is 0 Å². The fourth-order valence-electron chi connectivity index (χ4n) is 3.32. The maximum atomic E-state index is 14.6. The molecular formula is C22H26FN2O2+. The van der Waals surface area contributed by atoms with Gasteiger partial charge < -0.3 is 14.5 Å². The number of likely N-dealkylation sites (N-methyl/N-ethyl adjacent to an activating group) is 1. The Morgan fingerprint density at radius 3 is 2.48 bits per heavy atom. The van der Waals surface area contributed by atoms with Crippen molar-refractivity contribution in [2.45, 2.75) is 6.92 Å². The zero-order valence-electron chi connectivity index (χ0n) is 15.9. The predicted molar refractivity (Wildman–Crippen MR) is 106 cm³/mol. The number of carbonyl (C=O) groups is 1. The number of carbonyl (C=O) groups excluding carboxylic acids is 1. The second-order valence-corrected chi connectivity index (χ2v) is 6.73. The van der Waals surface area contributed by atoms with Gasteiger partial charge >= 0.3 is 0 Å². The minimum Gasteiger partial charge on any atom is -0.497 e. The van der Waals surface area contributed by atoms with E-state index in [9.17, 15) is 9.18 Å². The molecule has 142 valence electrons. The molecule has 0 spiro atoms. The Bertz CT molecular complexity index is 810. The van der Waals surface area contributed by atoms with Crippen LogP contribution in [0.5, 0.6) is 5.75 Å². The van der Waals surface area contributed by atoms with Crippen molar-refractivity contribution in [2.75, 3.05) is 44.7 Å². The molecule has 1 heterocycles. The Kier molecular flexibility index (Phi) is 6.24. The van der Waals surface area contributed by atoms with Crippen LogP contribution in [0.4, 0.5) is 10.1 Å². The minimum absolute atomic E-state index is 0.212. The molecule has 27 heavy (non-hydrogen) atoms. The number of allylic oxidation sites excluding steroid dienone is 1. The summed E-state index contributed by atoms with van der Waals surface area (Å²) in [6, 6.07) is 12.2. The van der Waals surface area contributed by atoms with Crippen LogP contribution in [0.2, 0.25) is 0 Å². The van der Waals surface area contributed by atoms with Gasteiger partial charge in [0.15, 0.2) is 5.78 Å². The van der Waals surface area contributed by atoms with Gasteiger partial charge in [0.25, 0.3) is 0 Å². The van der Waals surface area contributed by atoms with E-state index in [1.165, 1.54) is 12.1 Å². The third kappa shape index (κ3) is 4.74. The van der Waals surface area contributed by atoms with Gasteiger partial charge in [0.05, 0.1) is 45.5 Å². The number of halogens is 1. The van der Waals surface area contributed by atoms with Gasteiger partial charge in [-0.3, -0.25) is 4.79 Å². The van der Waals surface area contributed by atoms with Crippen molar-refractivity contribution in [3.05, 3.63) is 65.5 Å². The fraction of sp³-hybridized carbons (Fsp3) is 0.318. The van der Waals surface area contributed by atoms with Gasteiger partial charge in [0.1, 0.15) is 11.6 Å². The van der Waals surface area contributed by atoms with Crippen LogP contribution in [-0.2, 0) is 0 Å². The number of nitrogens with zero attached hydrogens (tertiary/aromatic N) is 1. The largest absolute Gasteiger partial charge is 0.497 e. The quantitative estimate of drug-likeness (QED) is 0.627. The number of anilines is 1. The van der Waals surface area contributed by atoms with E-state index in [1.54, 1.807) is 30.2 Å². The van der Waals surface area contributed by atoms with Gasteiger partial charge in [-0.25, -0.2) is 4.39 Å². The molecule has 0 amide bonds. The number of benzene rings is 2. The Balaban J connectivity index is 1.67. The zero-order valence-corrected chi connectivity index (χ0v) is 15.9. The number of rotatable bonds is 6. The number of ketones is 1. The molecule has 4 nitrogen and oxygen atoms in total. The maximum Gasteiger partial charge on any atom is 0.185 e. The van der Waals surface area contributed by atoms with E-state index in [1.807, 2.05) is 24.3 Å². The fourth-order valence-corrected chi connectivity index (χ4v) is 3.32. The molecule has 0 bridgehead atoms. The Hall–Kier alpha value is -2.66. The number of piperazine rings is 1. The highest BCUT2D eigenvalue weighted by atomic mass is 19.1. The average Bonchev–Trinajstić information content (AvgIpc) is 2.72. The number of ether oxygens (including phenoxy) is 1. The summed E-state index contributed by atoms with van der Waals surface area (Å²) in [4.78, 5) is 16.0. The van der Waals surface area contributed by atoms with Crippen molar-refractivity contribution in [2.24, 2.45) is 0 Å². The molecule has 0 saturated carbocycles. The summed E-state index contributed by atoms with van der Waals surface area (Å²) < 4.78 is 19.7. The summed E-state index contributed by atoms with van der Waals surface area (Å²) in [6.45, 7) is 6.98. The molecule has 0 radical (unpaired) electrons. The molecule has 3 rings (SSSR count). The summed E-state index contributed by atoms with van der Waals surface area (Å²) in [5.41, 5.74) is 1.83. The number of nitrogens with one attached hydrogen (secondary N) is 1. The van der Waals surface area contributed by atoms with Gasteiger partial charge in [-0.05, 0) is 48.9 Å². The van der Waals surface area contributed by atoms with E-state index in [2.05, 4.69) is 11.8 Å². The molecule has 1 aliphatic heterocycles. The van der Waals surface area contributed by atoms with Crippen LogP contribution >= 0.6 is 0 Å². The first-order chi connectivity index (χ1) is 13.1. The van der Waals surface area contributed by atoms with E-state index in [0.717, 1.165) is 44.0 Å². The molecule has 5 heteroatoms. The second kappa shape index (κ2) is 8.82. The lowest BCUT2D eigenvalue weighted by Gasteiger charge is -2.33. The molecule has 0 aromatic heterocycles. The van der Waals surface area contributed by atoms with Crippen LogP contribution < -0.4 is 14.5 Å². The Labute approximate surface area is 159 Å². The highest BCUT2D eigenvalue weighted by molar-refractivity contribution is 6.07. The smallest absolute Gasteiger partial charge is 0.185 e. The van der Waals surface area contributed by atoms with Gasteiger partial charge in [-0.15, -0.1) is 0 Å². The van der Waals surface area contributed by atoms with Crippen molar-refractivity contribution >= 4 is 17.5 Å². The van der Waals surface area contributed by atoms with Crippen LogP contribution in [-0.4, -0.2) is 45.6 Å². The summed E-state index contributed by atoms with van der Waals surface area (Å²) in [6.07, 6.45) is 3.19. The molecule has 1 aliphatic rings. The van der Waals surface area contributed by atoms with E-state index in [-0.39, 0.29) is 11.6 Å². The SMILES string of the molecule is CC[NH+]1CCN(c2ccc(C(=O)/C=C/c3ccc(OC)cc3)cc2F)CC1. The molecule has 1 N–H and O–H groups in total. The number of hydrogen-bond acceptors (Lipinski definition) is 3. The van der Waals surface area contributed by atoms with Gasteiger partial charge in [-0.2, -0.15) is 0 Å². The lowest BCUT2D eigenvalue weighted by Crippen LogP contribution is -3.14.